The monoisotopic (exact) mass is 434 g/mol. The standard InChI is InChI=1S/C28H22N2OS/c1-21-11-10-13-23-20-30(25-16-6-3-7-17-25)28(31-27(21)23)29(24-14-4-2-5-15-24)19-22-12-8-9-18-26(22)32-28/h2-20H,1H3/q+2. The molecule has 1 unspecified atom stereocenters. The fourth-order valence-electron chi connectivity index (χ4n) is 4.30. The first kappa shape index (κ1) is 19.1. The summed E-state index contributed by atoms with van der Waals surface area (Å²) in [5.74, 6) is 0.917. The van der Waals surface area contributed by atoms with E-state index in [1.54, 1.807) is 11.8 Å². The van der Waals surface area contributed by atoms with E-state index in [2.05, 4.69) is 119 Å². The number of aryl methyl sites for hydroxylation is 1. The fourth-order valence-corrected chi connectivity index (χ4v) is 5.61. The number of nitrogens with zero attached hydrogens (tertiary/aromatic N) is 2. The quantitative estimate of drug-likeness (QED) is 0.343. The molecule has 1 atom stereocenters. The molecule has 0 aliphatic carbocycles. The third-order valence-corrected chi connectivity index (χ3v) is 7.19. The van der Waals surface area contributed by atoms with Gasteiger partial charge in [-0.3, -0.25) is 0 Å². The van der Waals surface area contributed by atoms with Gasteiger partial charge in [0, 0.05) is 29.2 Å². The second-order valence-corrected chi connectivity index (χ2v) is 9.13. The normalized spacial score (nSPS) is 18.8. The minimum absolute atomic E-state index is 0.851. The first-order chi connectivity index (χ1) is 15.7. The summed E-state index contributed by atoms with van der Waals surface area (Å²) in [5, 5.41) is -0.851. The van der Waals surface area contributed by atoms with Crippen molar-refractivity contribution in [2.75, 3.05) is 0 Å². The maximum atomic E-state index is 7.03. The van der Waals surface area contributed by atoms with Gasteiger partial charge in [-0.15, -0.1) is 0 Å². The van der Waals surface area contributed by atoms with E-state index in [9.17, 15) is 0 Å². The highest BCUT2D eigenvalue weighted by molar-refractivity contribution is 8.00. The fraction of sp³-hybridized carbons (Fsp3) is 0.0714. The number of hydrogen-bond acceptors (Lipinski definition) is 2. The second kappa shape index (κ2) is 7.50. The number of fused-ring (bicyclic) bond motifs is 2. The summed E-state index contributed by atoms with van der Waals surface area (Å²) in [6.45, 7) is 2.11. The van der Waals surface area contributed by atoms with E-state index in [-0.39, 0.29) is 0 Å². The summed E-state index contributed by atoms with van der Waals surface area (Å²) >= 11 is 1.73. The highest BCUT2D eigenvalue weighted by Gasteiger charge is 2.63. The minimum Gasteiger partial charge on any atom is -0.367 e. The smallest absolute Gasteiger partial charge is 0.367 e. The molecule has 32 heavy (non-hydrogen) atoms. The zero-order valence-corrected chi connectivity index (χ0v) is 18.5. The third kappa shape index (κ3) is 2.99. The lowest BCUT2D eigenvalue weighted by Crippen LogP contribution is -2.54. The summed E-state index contributed by atoms with van der Waals surface area (Å²) in [7, 11) is 0. The minimum atomic E-state index is -0.851. The Bertz CT molecular complexity index is 1380. The molecular weight excluding hydrogens is 412 g/mol. The average Bonchev–Trinajstić information content (AvgIpc) is 2.85. The number of benzene rings is 4. The Morgan fingerprint density at radius 2 is 1.19 bits per heavy atom. The number of hydrogen-bond donors (Lipinski definition) is 0. The van der Waals surface area contributed by atoms with Gasteiger partial charge < -0.3 is 4.74 Å². The number of ether oxygens (including phenoxy) is 1. The van der Waals surface area contributed by atoms with Crippen molar-refractivity contribution in [3.8, 4) is 5.75 Å². The first-order valence-corrected chi connectivity index (χ1v) is 11.5. The molecule has 4 aromatic rings. The predicted octanol–water partition coefficient (Wildman–Crippen LogP) is 6.33. The Hall–Kier alpha value is -3.63. The van der Waals surface area contributed by atoms with Gasteiger partial charge in [-0.05, 0) is 30.7 Å². The largest absolute Gasteiger partial charge is 0.584 e. The molecule has 154 valence electrons. The second-order valence-electron chi connectivity index (χ2n) is 7.95. The lowest BCUT2D eigenvalue weighted by Gasteiger charge is -2.32. The van der Waals surface area contributed by atoms with Crippen molar-refractivity contribution < 1.29 is 13.9 Å². The molecule has 0 bridgehead atoms. The maximum absolute atomic E-state index is 7.03. The highest BCUT2D eigenvalue weighted by Crippen LogP contribution is 2.48. The summed E-state index contributed by atoms with van der Waals surface area (Å²) in [6.07, 6.45) is 4.42. The van der Waals surface area contributed by atoms with Crippen molar-refractivity contribution in [3.05, 3.63) is 120 Å². The molecule has 0 saturated carbocycles. The average molecular weight is 435 g/mol. The van der Waals surface area contributed by atoms with E-state index in [0.29, 0.717) is 0 Å². The molecule has 0 N–H and O–H groups in total. The summed E-state index contributed by atoms with van der Waals surface area (Å²) in [6, 6.07) is 35.7. The molecule has 3 nitrogen and oxygen atoms in total. The van der Waals surface area contributed by atoms with Crippen molar-refractivity contribution in [2.45, 2.75) is 17.0 Å². The van der Waals surface area contributed by atoms with Crippen LogP contribution in [0.2, 0.25) is 0 Å². The topological polar surface area (TPSA) is 15.2 Å². The molecule has 2 heterocycles. The van der Waals surface area contributed by atoms with Gasteiger partial charge in [-0.1, -0.05) is 69.8 Å². The highest BCUT2D eigenvalue weighted by atomic mass is 32.2. The molecule has 0 radical (unpaired) electrons. The zero-order valence-electron chi connectivity index (χ0n) is 17.7. The van der Waals surface area contributed by atoms with Crippen LogP contribution in [0.4, 0.5) is 11.4 Å². The summed E-state index contributed by atoms with van der Waals surface area (Å²) in [5.41, 5.74) is 5.52. The third-order valence-electron chi connectivity index (χ3n) is 5.85. The van der Waals surface area contributed by atoms with E-state index in [4.69, 9.17) is 4.74 Å². The molecule has 0 fully saturated rings. The molecule has 2 aliphatic heterocycles. The van der Waals surface area contributed by atoms with Crippen molar-refractivity contribution in [1.29, 1.82) is 0 Å². The Labute approximate surface area is 191 Å². The Kier molecular flexibility index (Phi) is 4.47. The van der Waals surface area contributed by atoms with Crippen LogP contribution in [-0.2, 0) is 0 Å². The molecule has 0 saturated heterocycles. The summed E-state index contributed by atoms with van der Waals surface area (Å²) < 4.78 is 11.5. The van der Waals surface area contributed by atoms with Crippen molar-refractivity contribution in [3.63, 3.8) is 0 Å². The van der Waals surface area contributed by atoms with Gasteiger partial charge in [0.1, 0.15) is 0 Å². The molecule has 0 amide bonds. The van der Waals surface area contributed by atoms with Crippen LogP contribution in [0.25, 0.3) is 0 Å². The van der Waals surface area contributed by atoms with Gasteiger partial charge >= 0.3 is 5.18 Å². The van der Waals surface area contributed by atoms with Crippen molar-refractivity contribution in [1.82, 2.24) is 0 Å². The van der Waals surface area contributed by atoms with Crippen molar-refractivity contribution >= 4 is 35.6 Å². The van der Waals surface area contributed by atoms with Crippen LogP contribution in [0.5, 0.6) is 5.75 Å². The Balaban J connectivity index is 1.67. The number of para-hydroxylation sites is 3. The van der Waals surface area contributed by atoms with Crippen molar-refractivity contribution in [2.24, 2.45) is 0 Å². The lowest BCUT2D eigenvalue weighted by molar-refractivity contribution is -0.770. The van der Waals surface area contributed by atoms with Crippen LogP contribution < -0.4 is 4.74 Å². The van der Waals surface area contributed by atoms with Gasteiger partial charge in [0.15, 0.2) is 18.2 Å². The Morgan fingerprint density at radius 3 is 1.88 bits per heavy atom. The van der Waals surface area contributed by atoms with E-state index in [1.807, 2.05) is 12.1 Å². The molecule has 0 aromatic heterocycles. The molecule has 6 rings (SSSR count). The van der Waals surface area contributed by atoms with E-state index < -0.39 is 5.18 Å². The van der Waals surface area contributed by atoms with Gasteiger partial charge in [0.2, 0.25) is 11.4 Å². The van der Waals surface area contributed by atoms with E-state index in [0.717, 1.165) is 28.3 Å². The van der Waals surface area contributed by atoms with Crippen LogP contribution in [0.3, 0.4) is 0 Å². The van der Waals surface area contributed by atoms with Crippen LogP contribution in [0.1, 0.15) is 16.7 Å². The molecule has 2 aliphatic rings. The molecule has 4 heteroatoms. The molecular formula is C28H22N2OS+2. The van der Waals surface area contributed by atoms with Gasteiger partial charge in [-0.25, -0.2) is 0 Å². The first-order valence-electron chi connectivity index (χ1n) is 10.7. The van der Waals surface area contributed by atoms with Gasteiger partial charge in [0.25, 0.3) is 0 Å². The predicted molar refractivity (Wildman–Crippen MR) is 130 cm³/mol. The number of rotatable bonds is 2. The van der Waals surface area contributed by atoms with Crippen LogP contribution in [-0.4, -0.2) is 26.8 Å². The molecule has 4 aromatic carbocycles. The Morgan fingerprint density at radius 1 is 0.625 bits per heavy atom. The van der Waals surface area contributed by atoms with Gasteiger partial charge in [0.05, 0.1) is 22.9 Å². The zero-order chi connectivity index (χ0) is 21.5. The lowest BCUT2D eigenvalue weighted by atomic mass is 10.1. The van der Waals surface area contributed by atoms with Gasteiger partial charge in [-0.2, -0.15) is 0 Å². The van der Waals surface area contributed by atoms with E-state index >= 15 is 0 Å². The van der Waals surface area contributed by atoms with Crippen LogP contribution in [0, 0.1) is 6.92 Å². The maximum Gasteiger partial charge on any atom is 0.584 e. The SMILES string of the molecule is Cc1cccc2c1OC1(Sc3ccccc3C=[N+]1c1ccccc1)[N+](c1ccccc1)=C2. The van der Waals surface area contributed by atoms with E-state index in [1.165, 1.54) is 10.5 Å². The van der Waals surface area contributed by atoms with Crippen LogP contribution in [0.15, 0.2) is 108 Å². The summed E-state index contributed by atoms with van der Waals surface area (Å²) in [4.78, 5) is 1.19. The van der Waals surface area contributed by atoms with Crippen LogP contribution >= 0.6 is 11.8 Å². The number of thioether (sulfide) groups is 1. The molecule has 1 spiro atoms.